The number of furan rings is 1. The van der Waals surface area contributed by atoms with E-state index in [1.165, 1.54) is 53.2 Å². The summed E-state index contributed by atoms with van der Waals surface area (Å²) >= 11 is 3.60. The fraction of sp³-hybridized carbons (Fsp3) is 0. The Balaban J connectivity index is 1.09. The number of rotatable bonds is 6. The smallest absolute Gasteiger partial charge is 0.135 e. The molecule has 0 spiro atoms. The molecule has 0 saturated carbocycles. The van der Waals surface area contributed by atoms with Gasteiger partial charge in [-0.2, -0.15) is 0 Å². The van der Waals surface area contributed by atoms with Gasteiger partial charge in [-0.15, -0.1) is 22.7 Å². The molecule has 0 aliphatic carbocycles. The highest BCUT2D eigenvalue weighted by Gasteiger charge is 2.24. The summed E-state index contributed by atoms with van der Waals surface area (Å²) in [6, 6.07) is 69.7. The lowest BCUT2D eigenvalue weighted by Gasteiger charge is -2.27. The largest absolute Gasteiger partial charge is 0.456 e. The second-order valence-electron chi connectivity index (χ2n) is 14.7. The molecule has 12 rings (SSSR count). The molecule has 0 fully saturated rings. The maximum atomic E-state index is 6.22. The third kappa shape index (κ3) is 5.43. The van der Waals surface area contributed by atoms with Crippen molar-refractivity contribution in [1.82, 2.24) is 4.98 Å². The van der Waals surface area contributed by atoms with Gasteiger partial charge in [-0.25, -0.2) is 4.98 Å². The Bertz CT molecular complexity index is 3520. The minimum absolute atomic E-state index is 0.884. The van der Waals surface area contributed by atoms with Crippen molar-refractivity contribution in [1.29, 1.82) is 0 Å². The number of anilines is 3. The monoisotopic (exact) mass is 776 g/mol. The minimum atomic E-state index is 0.884. The third-order valence-electron chi connectivity index (χ3n) is 11.3. The maximum Gasteiger partial charge on any atom is 0.135 e. The number of benzene rings is 9. The molecule has 3 heterocycles. The first-order valence-corrected chi connectivity index (χ1v) is 21.1. The SMILES string of the molecule is c1ccc(-c2cccc(N(c3ccc(-c4ccc5ccccc5c4)cc3)c3cc4sc5ccccc5c4c4nc(-c5ccc6oc7ccccc7c6c5)sc34)c2)cc1. The highest BCUT2D eigenvalue weighted by molar-refractivity contribution is 7.26. The van der Waals surface area contributed by atoms with Gasteiger partial charge in [0.1, 0.15) is 16.2 Å². The number of thiophene rings is 1. The van der Waals surface area contributed by atoms with Crippen LogP contribution < -0.4 is 4.90 Å². The normalized spacial score (nSPS) is 11.8. The molecule has 0 bridgehead atoms. The Hall–Kier alpha value is -7.05. The van der Waals surface area contributed by atoms with E-state index in [1.54, 1.807) is 11.3 Å². The molecule has 272 valence electrons. The molecular formula is C53H32N2OS2. The number of nitrogens with zero attached hydrogens (tertiary/aromatic N) is 2. The molecule has 0 atom stereocenters. The third-order valence-corrected chi connectivity index (χ3v) is 13.5. The summed E-state index contributed by atoms with van der Waals surface area (Å²) in [6.07, 6.45) is 0. The molecule has 0 unspecified atom stereocenters. The summed E-state index contributed by atoms with van der Waals surface area (Å²) in [5.41, 5.74) is 11.9. The summed E-state index contributed by atoms with van der Waals surface area (Å²) in [5, 5.41) is 8.13. The Labute approximate surface area is 342 Å². The topological polar surface area (TPSA) is 29.3 Å². The first-order chi connectivity index (χ1) is 28.7. The van der Waals surface area contributed by atoms with Crippen LogP contribution in [0, 0.1) is 0 Å². The molecule has 0 aliphatic heterocycles. The molecule has 0 saturated heterocycles. The van der Waals surface area contributed by atoms with Crippen molar-refractivity contribution >= 4 is 103 Å². The molecule has 3 aromatic heterocycles. The lowest BCUT2D eigenvalue weighted by Crippen LogP contribution is -2.10. The van der Waals surface area contributed by atoms with E-state index in [-0.39, 0.29) is 0 Å². The zero-order valence-corrected chi connectivity index (χ0v) is 32.7. The van der Waals surface area contributed by atoms with E-state index in [1.807, 2.05) is 23.5 Å². The van der Waals surface area contributed by atoms with Gasteiger partial charge in [-0.3, -0.25) is 0 Å². The fourth-order valence-electron chi connectivity index (χ4n) is 8.47. The van der Waals surface area contributed by atoms with Crippen LogP contribution in [0.15, 0.2) is 199 Å². The quantitative estimate of drug-likeness (QED) is 0.168. The second-order valence-corrected chi connectivity index (χ2v) is 16.8. The summed E-state index contributed by atoms with van der Waals surface area (Å²) in [4.78, 5) is 7.97. The zero-order valence-electron chi connectivity index (χ0n) is 31.1. The number of fused-ring (bicyclic) bond motifs is 9. The fourth-order valence-corrected chi connectivity index (χ4v) is 10.7. The highest BCUT2D eigenvalue weighted by atomic mass is 32.1. The van der Waals surface area contributed by atoms with Crippen LogP contribution in [0.5, 0.6) is 0 Å². The van der Waals surface area contributed by atoms with Gasteiger partial charge in [-0.1, -0.05) is 127 Å². The molecule has 3 nitrogen and oxygen atoms in total. The molecule has 9 aromatic carbocycles. The van der Waals surface area contributed by atoms with Crippen molar-refractivity contribution in [3.63, 3.8) is 0 Å². The van der Waals surface area contributed by atoms with Crippen LogP contribution in [0.2, 0.25) is 0 Å². The van der Waals surface area contributed by atoms with Crippen LogP contribution in [-0.4, -0.2) is 4.98 Å². The van der Waals surface area contributed by atoms with Crippen LogP contribution in [-0.2, 0) is 0 Å². The van der Waals surface area contributed by atoms with Gasteiger partial charge in [0, 0.05) is 47.9 Å². The molecule has 12 aromatic rings. The molecule has 0 N–H and O–H groups in total. The van der Waals surface area contributed by atoms with Crippen LogP contribution >= 0.6 is 22.7 Å². The average molecular weight is 777 g/mol. The summed E-state index contributed by atoms with van der Waals surface area (Å²) in [5.74, 6) is 0. The van der Waals surface area contributed by atoms with Crippen molar-refractivity contribution in [3.05, 3.63) is 194 Å². The predicted octanol–water partition coefficient (Wildman–Crippen LogP) is 16.2. The molecule has 0 aliphatic rings. The van der Waals surface area contributed by atoms with E-state index in [0.29, 0.717) is 0 Å². The molecule has 0 amide bonds. The van der Waals surface area contributed by atoms with Crippen LogP contribution in [0.4, 0.5) is 17.1 Å². The van der Waals surface area contributed by atoms with Crippen molar-refractivity contribution < 1.29 is 4.42 Å². The van der Waals surface area contributed by atoms with Crippen molar-refractivity contribution in [2.24, 2.45) is 0 Å². The van der Waals surface area contributed by atoms with Gasteiger partial charge in [0.05, 0.1) is 15.9 Å². The maximum absolute atomic E-state index is 6.22. The van der Waals surface area contributed by atoms with Crippen LogP contribution in [0.25, 0.3) is 95.9 Å². The average Bonchev–Trinajstić information content (AvgIpc) is 4.00. The van der Waals surface area contributed by atoms with Gasteiger partial charge in [-0.05, 0) is 99.8 Å². The number of aromatic nitrogens is 1. The van der Waals surface area contributed by atoms with E-state index in [4.69, 9.17) is 9.40 Å². The first kappa shape index (κ1) is 33.1. The van der Waals surface area contributed by atoms with Crippen LogP contribution in [0.1, 0.15) is 0 Å². The second kappa shape index (κ2) is 13.3. The molecule has 58 heavy (non-hydrogen) atoms. The summed E-state index contributed by atoms with van der Waals surface area (Å²) < 4.78 is 9.84. The van der Waals surface area contributed by atoms with Crippen molar-refractivity contribution in [2.75, 3.05) is 4.90 Å². The number of hydrogen-bond acceptors (Lipinski definition) is 5. The van der Waals surface area contributed by atoms with E-state index >= 15 is 0 Å². The predicted molar refractivity (Wildman–Crippen MR) is 248 cm³/mol. The van der Waals surface area contributed by atoms with E-state index in [9.17, 15) is 0 Å². The number of para-hydroxylation sites is 1. The molecular weight excluding hydrogens is 745 g/mol. The number of hydrogen-bond donors (Lipinski definition) is 0. The van der Waals surface area contributed by atoms with Gasteiger partial charge >= 0.3 is 0 Å². The van der Waals surface area contributed by atoms with E-state index in [2.05, 4.69) is 187 Å². The summed E-state index contributed by atoms with van der Waals surface area (Å²) in [6.45, 7) is 0. The Morgan fingerprint density at radius 3 is 2.00 bits per heavy atom. The lowest BCUT2D eigenvalue weighted by atomic mass is 10.0. The van der Waals surface area contributed by atoms with Crippen LogP contribution in [0.3, 0.4) is 0 Å². The standard InChI is InChI=1S/C53H32N2OS2/c1-2-11-33(12-3-1)37-15-10-16-41(30-37)55(40-26-23-35(24-27-40)38-22-21-34-13-4-5-14-36(34)29-38)45-32-49-50(43-18-7-9-20-48(43)57-49)51-52(45)58-53(54-51)39-25-28-47-44(31-39)42-17-6-8-19-46(42)56-47/h1-32H. The van der Waals surface area contributed by atoms with Gasteiger partial charge in [0.25, 0.3) is 0 Å². The van der Waals surface area contributed by atoms with Crippen molar-refractivity contribution in [3.8, 4) is 32.8 Å². The Kier molecular flexibility index (Phi) is 7.58. The van der Waals surface area contributed by atoms with E-state index in [0.717, 1.165) is 59.8 Å². The van der Waals surface area contributed by atoms with E-state index < -0.39 is 0 Å². The van der Waals surface area contributed by atoms with Gasteiger partial charge < -0.3 is 9.32 Å². The first-order valence-electron chi connectivity index (χ1n) is 19.4. The number of thiazole rings is 1. The Morgan fingerprint density at radius 1 is 0.414 bits per heavy atom. The molecule has 5 heteroatoms. The Morgan fingerprint density at radius 2 is 1.10 bits per heavy atom. The lowest BCUT2D eigenvalue weighted by molar-refractivity contribution is 0.669. The minimum Gasteiger partial charge on any atom is -0.456 e. The highest BCUT2D eigenvalue weighted by Crippen LogP contribution is 2.50. The van der Waals surface area contributed by atoms with Gasteiger partial charge in [0.2, 0.25) is 0 Å². The van der Waals surface area contributed by atoms with Crippen molar-refractivity contribution in [2.45, 2.75) is 0 Å². The zero-order chi connectivity index (χ0) is 38.2. The molecule has 0 radical (unpaired) electrons. The van der Waals surface area contributed by atoms with Gasteiger partial charge in [0.15, 0.2) is 0 Å². The summed E-state index contributed by atoms with van der Waals surface area (Å²) in [7, 11) is 0.